The summed E-state index contributed by atoms with van der Waals surface area (Å²) < 4.78 is 17.1. The van der Waals surface area contributed by atoms with Crippen LogP contribution in [0.3, 0.4) is 0 Å². The van der Waals surface area contributed by atoms with Crippen LogP contribution in [0.5, 0.6) is 5.75 Å². The molecule has 0 aliphatic heterocycles. The average molecular weight is 451 g/mol. The van der Waals surface area contributed by atoms with Gasteiger partial charge >= 0.3 is 5.97 Å². The van der Waals surface area contributed by atoms with Crippen molar-refractivity contribution in [3.05, 3.63) is 106 Å². The molecule has 0 aliphatic rings. The van der Waals surface area contributed by atoms with Crippen molar-refractivity contribution >= 4 is 27.8 Å². The van der Waals surface area contributed by atoms with E-state index in [9.17, 15) is 9.59 Å². The lowest BCUT2D eigenvalue weighted by Gasteiger charge is -2.10. The maximum atomic E-state index is 12.8. The van der Waals surface area contributed by atoms with Crippen molar-refractivity contribution < 1.29 is 18.7 Å². The predicted molar refractivity (Wildman–Crippen MR) is 130 cm³/mol. The van der Waals surface area contributed by atoms with Crippen molar-refractivity contribution in [3.63, 3.8) is 0 Å². The fraction of sp³-hybridized carbons (Fsp3) is 0.107. The van der Waals surface area contributed by atoms with E-state index in [-0.39, 0.29) is 23.2 Å². The van der Waals surface area contributed by atoms with Crippen LogP contribution in [0.25, 0.3) is 33.2 Å². The number of pyridine rings is 1. The summed E-state index contributed by atoms with van der Waals surface area (Å²) in [4.78, 5) is 29.7. The van der Waals surface area contributed by atoms with Crippen molar-refractivity contribution in [1.82, 2.24) is 4.98 Å². The molecule has 0 radical (unpaired) electrons. The zero-order chi connectivity index (χ0) is 23.5. The van der Waals surface area contributed by atoms with E-state index in [0.29, 0.717) is 29.1 Å². The largest absolute Gasteiger partial charge is 0.487 e. The zero-order valence-electron chi connectivity index (χ0n) is 18.5. The maximum absolute atomic E-state index is 12.8. The summed E-state index contributed by atoms with van der Waals surface area (Å²) in [6, 6.07) is 25.4. The van der Waals surface area contributed by atoms with E-state index in [4.69, 9.17) is 13.9 Å². The first-order chi connectivity index (χ1) is 16.6. The summed E-state index contributed by atoms with van der Waals surface area (Å²) in [5, 5.41) is 1.39. The lowest BCUT2D eigenvalue weighted by atomic mass is 10.1. The van der Waals surface area contributed by atoms with E-state index in [0.717, 1.165) is 16.6 Å². The van der Waals surface area contributed by atoms with E-state index in [1.54, 1.807) is 31.2 Å². The van der Waals surface area contributed by atoms with Gasteiger partial charge in [0.25, 0.3) is 0 Å². The standard InChI is InChI=1S/C28H21NO5/c1-2-32-28(31)23-11-6-10-22-25(30)16-26(34-27(22)23)19-8-5-9-21(15-19)33-17-20-14-13-18-7-3-4-12-24(18)29-20/h3-16H,2,17H2,1H3. The molecule has 0 N–H and O–H groups in total. The van der Waals surface area contributed by atoms with E-state index in [1.165, 1.54) is 6.07 Å². The molecular weight excluding hydrogens is 430 g/mol. The van der Waals surface area contributed by atoms with Crippen LogP contribution in [0.15, 0.2) is 94.1 Å². The van der Waals surface area contributed by atoms with Gasteiger partial charge in [-0.15, -0.1) is 0 Å². The molecule has 0 saturated heterocycles. The number of nitrogens with zero attached hydrogens (tertiary/aromatic N) is 1. The van der Waals surface area contributed by atoms with Gasteiger partial charge in [0.1, 0.15) is 23.7 Å². The number of aromatic nitrogens is 1. The SMILES string of the molecule is CCOC(=O)c1cccc2c(=O)cc(-c3cccc(OCc4ccc5ccccc5n4)c3)oc12. The topological polar surface area (TPSA) is 78.6 Å². The molecule has 0 atom stereocenters. The monoisotopic (exact) mass is 451 g/mol. The molecule has 0 spiro atoms. The van der Waals surface area contributed by atoms with Gasteiger partial charge in [-0.05, 0) is 43.3 Å². The Hall–Kier alpha value is -4.45. The van der Waals surface area contributed by atoms with E-state index >= 15 is 0 Å². The summed E-state index contributed by atoms with van der Waals surface area (Å²) in [6.07, 6.45) is 0. The lowest BCUT2D eigenvalue weighted by molar-refractivity contribution is 0.0527. The van der Waals surface area contributed by atoms with Gasteiger partial charge in [-0.2, -0.15) is 0 Å². The highest BCUT2D eigenvalue weighted by Gasteiger charge is 2.16. The third kappa shape index (κ3) is 4.26. The van der Waals surface area contributed by atoms with Gasteiger partial charge in [-0.3, -0.25) is 4.79 Å². The molecule has 34 heavy (non-hydrogen) atoms. The van der Waals surface area contributed by atoms with Crippen LogP contribution in [-0.2, 0) is 11.3 Å². The van der Waals surface area contributed by atoms with E-state index < -0.39 is 5.97 Å². The third-order valence-electron chi connectivity index (χ3n) is 5.41. The number of carbonyl (C=O) groups excluding carboxylic acids is 1. The quantitative estimate of drug-likeness (QED) is 0.305. The Balaban J connectivity index is 1.45. The number of benzene rings is 3. The molecule has 0 unspecified atom stereocenters. The second-order valence-electron chi connectivity index (χ2n) is 7.69. The molecule has 6 nitrogen and oxygen atoms in total. The molecule has 2 heterocycles. The number of para-hydroxylation sites is 2. The number of esters is 1. The molecule has 0 aliphatic carbocycles. The van der Waals surface area contributed by atoms with Crippen LogP contribution < -0.4 is 10.2 Å². The van der Waals surface area contributed by atoms with Crippen LogP contribution in [-0.4, -0.2) is 17.6 Å². The van der Waals surface area contributed by atoms with Crippen LogP contribution >= 0.6 is 0 Å². The molecule has 168 valence electrons. The first-order valence-electron chi connectivity index (χ1n) is 10.9. The summed E-state index contributed by atoms with van der Waals surface area (Å²) in [5.74, 6) is 0.408. The van der Waals surface area contributed by atoms with E-state index in [1.807, 2.05) is 54.6 Å². The van der Waals surface area contributed by atoms with Gasteiger partial charge in [0.2, 0.25) is 0 Å². The summed E-state index contributed by atoms with van der Waals surface area (Å²) >= 11 is 0. The van der Waals surface area contributed by atoms with Crippen LogP contribution in [0, 0.1) is 0 Å². The summed E-state index contributed by atoms with van der Waals surface area (Å²) in [5.41, 5.74) is 2.55. The number of hydrogen-bond acceptors (Lipinski definition) is 6. The van der Waals surface area contributed by atoms with Gasteiger partial charge in [0, 0.05) is 17.0 Å². The zero-order valence-corrected chi connectivity index (χ0v) is 18.5. The van der Waals surface area contributed by atoms with Crippen LogP contribution in [0.2, 0.25) is 0 Å². The van der Waals surface area contributed by atoms with Crippen LogP contribution in [0.4, 0.5) is 0 Å². The Morgan fingerprint density at radius 1 is 0.941 bits per heavy atom. The molecule has 0 saturated carbocycles. The number of rotatable bonds is 6. The normalized spacial score (nSPS) is 11.0. The molecule has 6 heteroatoms. The Labute approximate surface area is 195 Å². The fourth-order valence-electron chi connectivity index (χ4n) is 3.77. The van der Waals surface area contributed by atoms with Gasteiger partial charge < -0.3 is 13.9 Å². The molecule has 0 amide bonds. The highest BCUT2D eigenvalue weighted by Crippen LogP contribution is 2.28. The smallest absolute Gasteiger partial charge is 0.341 e. The molecule has 0 bridgehead atoms. The molecule has 5 aromatic rings. The highest BCUT2D eigenvalue weighted by molar-refractivity contribution is 6.02. The van der Waals surface area contributed by atoms with Crippen molar-refractivity contribution in [2.24, 2.45) is 0 Å². The molecule has 5 rings (SSSR count). The predicted octanol–water partition coefficient (Wildman–Crippen LogP) is 5.76. The minimum Gasteiger partial charge on any atom is -0.487 e. The second kappa shape index (κ2) is 9.19. The van der Waals surface area contributed by atoms with Gasteiger partial charge in [0.05, 0.1) is 23.2 Å². The first kappa shape index (κ1) is 21.4. The second-order valence-corrected chi connectivity index (χ2v) is 7.69. The third-order valence-corrected chi connectivity index (χ3v) is 5.41. The van der Waals surface area contributed by atoms with Crippen molar-refractivity contribution in [2.45, 2.75) is 13.5 Å². The van der Waals surface area contributed by atoms with Gasteiger partial charge in [0.15, 0.2) is 11.0 Å². The Morgan fingerprint density at radius 2 is 1.79 bits per heavy atom. The molecule has 2 aromatic heterocycles. The van der Waals surface area contributed by atoms with Crippen molar-refractivity contribution in [1.29, 1.82) is 0 Å². The minimum atomic E-state index is -0.534. The lowest BCUT2D eigenvalue weighted by Crippen LogP contribution is -2.08. The number of carbonyl (C=O) groups is 1. The van der Waals surface area contributed by atoms with Crippen molar-refractivity contribution in [3.8, 4) is 17.1 Å². The van der Waals surface area contributed by atoms with E-state index in [2.05, 4.69) is 4.98 Å². The molecular formula is C28H21NO5. The maximum Gasteiger partial charge on any atom is 0.341 e. The molecule has 3 aromatic carbocycles. The number of ether oxygens (including phenoxy) is 2. The highest BCUT2D eigenvalue weighted by atomic mass is 16.5. The van der Waals surface area contributed by atoms with Crippen molar-refractivity contribution in [2.75, 3.05) is 6.61 Å². The fourth-order valence-corrected chi connectivity index (χ4v) is 3.77. The van der Waals surface area contributed by atoms with Gasteiger partial charge in [-0.25, -0.2) is 9.78 Å². The average Bonchev–Trinajstić information content (AvgIpc) is 2.87. The molecule has 0 fully saturated rings. The Kier molecular flexibility index (Phi) is 5.79. The Bertz CT molecular complexity index is 1570. The minimum absolute atomic E-state index is 0.204. The summed E-state index contributed by atoms with van der Waals surface area (Å²) in [7, 11) is 0. The number of hydrogen-bond donors (Lipinski definition) is 0. The first-order valence-corrected chi connectivity index (χ1v) is 10.9. The van der Waals surface area contributed by atoms with Gasteiger partial charge in [-0.1, -0.05) is 42.5 Å². The van der Waals surface area contributed by atoms with Crippen LogP contribution in [0.1, 0.15) is 23.0 Å². The Morgan fingerprint density at radius 3 is 2.68 bits per heavy atom. The summed E-state index contributed by atoms with van der Waals surface area (Å²) in [6.45, 7) is 2.25. The number of fused-ring (bicyclic) bond motifs is 2.